The zero-order chi connectivity index (χ0) is 12.2. The molecule has 0 atom stereocenters. The molecule has 3 N–H and O–H groups in total. The van der Waals surface area contributed by atoms with Gasteiger partial charge in [-0.3, -0.25) is 9.69 Å². The van der Waals surface area contributed by atoms with Crippen LogP contribution in [0.3, 0.4) is 0 Å². The number of nitrogens with two attached hydrogens (primary N) is 1. The lowest BCUT2D eigenvalue weighted by Gasteiger charge is -2.31. The fraction of sp³-hybridized carbons (Fsp3) is 0.917. The van der Waals surface area contributed by atoms with Gasteiger partial charge >= 0.3 is 0 Å². The Labute approximate surface area is 111 Å². The van der Waals surface area contributed by atoms with Crippen LogP contribution in [-0.2, 0) is 4.79 Å². The molecule has 1 saturated heterocycles. The van der Waals surface area contributed by atoms with Gasteiger partial charge in [0.15, 0.2) is 0 Å². The largest absolute Gasteiger partial charge is 0.350 e. The summed E-state index contributed by atoms with van der Waals surface area (Å²) in [5.74, 6) is 0.127. The highest BCUT2D eigenvalue weighted by molar-refractivity contribution is 5.85. The molecule has 0 spiro atoms. The molecule has 0 aliphatic carbocycles. The lowest BCUT2D eigenvalue weighted by molar-refractivity contribution is -0.124. The van der Waals surface area contributed by atoms with Gasteiger partial charge in [0.25, 0.3) is 0 Å². The second kappa shape index (κ2) is 7.19. The average Bonchev–Trinajstić information content (AvgIpc) is 2.21. The van der Waals surface area contributed by atoms with Gasteiger partial charge in [-0.15, -0.1) is 12.4 Å². The van der Waals surface area contributed by atoms with Gasteiger partial charge in [0.05, 0.1) is 6.54 Å². The second-order valence-electron chi connectivity index (χ2n) is 5.40. The monoisotopic (exact) mass is 263 g/mol. The van der Waals surface area contributed by atoms with Crippen molar-refractivity contribution in [1.82, 2.24) is 10.2 Å². The number of rotatable bonds is 4. The fourth-order valence-corrected chi connectivity index (χ4v) is 1.82. The summed E-state index contributed by atoms with van der Waals surface area (Å²) >= 11 is 0. The molecule has 17 heavy (non-hydrogen) atoms. The second-order valence-corrected chi connectivity index (χ2v) is 5.40. The van der Waals surface area contributed by atoms with Crippen molar-refractivity contribution in [3.63, 3.8) is 0 Å². The third-order valence-corrected chi connectivity index (χ3v) is 3.36. The van der Waals surface area contributed by atoms with Gasteiger partial charge in [0, 0.05) is 24.7 Å². The maximum Gasteiger partial charge on any atom is 0.234 e. The number of carbonyl (C=O) groups is 1. The van der Waals surface area contributed by atoms with E-state index in [9.17, 15) is 4.79 Å². The van der Waals surface area contributed by atoms with E-state index in [4.69, 9.17) is 5.73 Å². The number of carbonyl (C=O) groups excluding carboxylic acids is 1. The highest BCUT2D eigenvalue weighted by Crippen LogP contribution is 2.09. The summed E-state index contributed by atoms with van der Waals surface area (Å²) in [6.07, 6.45) is 2.96. The summed E-state index contributed by atoms with van der Waals surface area (Å²) in [7, 11) is 0. The quantitative estimate of drug-likeness (QED) is 0.800. The van der Waals surface area contributed by atoms with Gasteiger partial charge in [-0.05, 0) is 33.1 Å². The number of nitrogens with one attached hydrogen (secondary N) is 1. The summed E-state index contributed by atoms with van der Waals surface area (Å²) in [4.78, 5) is 14.0. The van der Waals surface area contributed by atoms with Crippen molar-refractivity contribution in [2.45, 2.75) is 51.6 Å². The van der Waals surface area contributed by atoms with E-state index in [-0.39, 0.29) is 23.9 Å². The first-order valence-corrected chi connectivity index (χ1v) is 6.22. The van der Waals surface area contributed by atoms with Gasteiger partial charge in [-0.1, -0.05) is 6.92 Å². The van der Waals surface area contributed by atoms with Crippen LogP contribution in [0.25, 0.3) is 0 Å². The van der Waals surface area contributed by atoms with Crippen LogP contribution >= 0.6 is 12.4 Å². The van der Waals surface area contributed by atoms with E-state index in [1.807, 2.05) is 0 Å². The Hall–Kier alpha value is -0.320. The molecular formula is C12H26ClN3O. The van der Waals surface area contributed by atoms with Crippen LogP contribution in [0.2, 0.25) is 0 Å². The molecule has 1 rings (SSSR count). The van der Waals surface area contributed by atoms with Crippen molar-refractivity contribution < 1.29 is 4.79 Å². The van der Waals surface area contributed by atoms with Crippen molar-refractivity contribution in [3.05, 3.63) is 0 Å². The lowest BCUT2D eigenvalue weighted by Crippen LogP contribution is -2.49. The summed E-state index contributed by atoms with van der Waals surface area (Å²) in [6.45, 7) is 8.59. The Morgan fingerprint density at radius 1 is 1.41 bits per heavy atom. The van der Waals surface area contributed by atoms with Crippen LogP contribution in [-0.4, -0.2) is 42.0 Å². The number of halogens is 1. The third-order valence-electron chi connectivity index (χ3n) is 3.36. The molecule has 1 aliphatic heterocycles. The van der Waals surface area contributed by atoms with Crippen LogP contribution < -0.4 is 11.1 Å². The van der Waals surface area contributed by atoms with Crippen molar-refractivity contribution in [3.8, 4) is 0 Å². The highest BCUT2D eigenvalue weighted by Gasteiger charge is 2.21. The zero-order valence-electron chi connectivity index (χ0n) is 11.2. The number of hydrogen-bond donors (Lipinski definition) is 2. The standard InChI is InChI=1S/C12H25N3O.ClH/c1-4-12(2,3)14-11(16)9-15-7-5-10(13)6-8-15;/h10H,4-9,13H2,1-3H3,(H,14,16);1H. The minimum atomic E-state index is -0.0940. The third kappa shape index (κ3) is 6.24. The molecule has 1 heterocycles. The molecule has 0 saturated carbocycles. The van der Waals surface area contributed by atoms with E-state index in [1.54, 1.807) is 0 Å². The van der Waals surface area contributed by atoms with Gasteiger partial charge in [0.2, 0.25) is 5.91 Å². The SMILES string of the molecule is CCC(C)(C)NC(=O)CN1CCC(N)CC1.Cl. The summed E-state index contributed by atoms with van der Waals surface area (Å²) in [5, 5.41) is 3.05. The molecule has 4 nitrogen and oxygen atoms in total. The van der Waals surface area contributed by atoms with Crippen molar-refractivity contribution in [2.75, 3.05) is 19.6 Å². The Kier molecular flexibility index (Phi) is 7.05. The van der Waals surface area contributed by atoms with E-state index >= 15 is 0 Å². The predicted molar refractivity (Wildman–Crippen MR) is 73.4 cm³/mol. The number of nitrogens with zero attached hydrogens (tertiary/aromatic N) is 1. The van der Waals surface area contributed by atoms with Crippen molar-refractivity contribution in [1.29, 1.82) is 0 Å². The first kappa shape index (κ1) is 16.7. The van der Waals surface area contributed by atoms with Crippen LogP contribution in [0, 0.1) is 0 Å². The Balaban J connectivity index is 0.00000256. The molecule has 0 bridgehead atoms. The van der Waals surface area contributed by atoms with Crippen molar-refractivity contribution >= 4 is 18.3 Å². The average molecular weight is 264 g/mol. The van der Waals surface area contributed by atoms with E-state index in [2.05, 4.69) is 31.0 Å². The molecule has 1 aliphatic rings. The number of amides is 1. The van der Waals surface area contributed by atoms with Crippen molar-refractivity contribution in [2.24, 2.45) is 5.73 Å². The molecule has 1 fully saturated rings. The fourth-order valence-electron chi connectivity index (χ4n) is 1.82. The van der Waals surface area contributed by atoms with Crippen LogP contribution in [0.1, 0.15) is 40.0 Å². The van der Waals surface area contributed by atoms with E-state index in [0.717, 1.165) is 32.4 Å². The molecule has 0 aromatic carbocycles. The molecule has 5 heteroatoms. The molecule has 0 unspecified atom stereocenters. The van der Waals surface area contributed by atoms with Gasteiger partial charge < -0.3 is 11.1 Å². The topological polar surface area (TPSA) is 58.4 Å². The summed E-state index contributed by atoms with van der Waals surface area (Å²) in [5.41, 5.74) is 5.73. The predicted octanol–water partition coefficient (Wildman–Crippen LogP) is 1.14. The highest BCUT2D eigenvalue weighted by atomic mass is 35.5. The number of piperidine rings is 1. The molecule has 102 valence electrons. The maximum atomic E-state index is 11.8. The van der Waals surface area contributed by atoms with E-state index in [0.29, 0.717) is 12.6 Å². The van der Waals surface area contributed by atoms with Gasteiger partial charge in [-0.25, -0.2) is 0 Å². The maximum absolute atomic E-state index is 11.8. The molecular weight excluding hydrogens is 238 g/mol. The first-order chi connectivity index (χ1) is 7.43. The van der Waals surface area contributed by atoms with E-state index in [1.165, 1.54) is 0 Å². The Morgan fingerprint density at radius 2 is 1.94 bits per heavy atom. The minimum Gasteiger partial charge on any atom is -0.350 e. The van der Waals surface area contributed by atoms with Gasteiger partial charge in [-0.2, -0.15) is 0 Å². The summed E-state index contributed by atoms with van der Waals surface area (Å²) < 4.78 is 0. The minimum absolute atomic E-state index is 0. The van der Waals surface area contributed by atoms with Gasteiger partial charge in [0.1, 0.15) is 0 Å². The molecule has 0 aromatic rings. The molecule has 0 radical (unpaired) electrons. The van der Waals surface area contributed by atoms with Crippen LogP contribution in [0.5, 0.6) is 0 Å². The molecule has 1 amide bonds. The Morgan fingerprint density at radius 3 is 2.41 bits per heavy atom. The number of likely N-dealkylation sites (tertiary alicyclic amines) is 1. The zero-order valence-corrected chi connectivity index (χ0v) is 12.0. The normalized spacial score (nSPS) is 18.6. The summed E-state index contributed by atoms with van der Waals surface area (Å²) in [6, 6.07) is 0.325. The van der Waals surface area contributed by atoms with Crippen LogP contribution in [0.15, 0.2) is 0 Å². The number of hydrogen-bond acceptors (Lipinski definition) is 3. The van der Waals surface area contributed by atoms with Crippen LogP contribution in [0.4, 0.5) is 0 Å². The lowest BCUT2D eigenvalue weighted by atomic mass is 10.0. The smallest absolute Gasteiger partial charge is 0.234 e. The Bertz CT molecular complexity index is 238. The first-order valence-electron chi connectivity index (χ1n) is 6.22. The molecule has 0 aromatic heterocycles. The van der Waals surface area contributed by atoms with E-state index < -0.39 is 0 Å².